The van der Waals surface area contributed by atoms with Crippen molar-refractivity contribution < 1.29 is 15.0 Å². The maximum Gasteiger partial charge on any atom is 0.220 e. The second-order valence-electron chi connectivity index (χ2n) is 20.4. The lowest BCUT2D eigenvalue weighted by Crippen LogP contribution is -2.45. The first-order chi connectivity index (χ1) is 34.2. The van der Waals surface area contributed by atoms with Crippen LogP contribution >= 0.6 is 0 Å². The van der Waals surface area contributed by atoms with Crippen molar-refractivity contribution in [2.75, 3.05) is 6.61 Å². The van der Waals surface area contributed by atoms with E-state index in [-0.39, 0.29) is 12.5 Å². The fourth-order valence-electron chi connectivity index (χ4n) is 9.03. The monoisotopic (exact) mass is 960 g/mol. The minimum atomic E-state index is -0.877. The zero-order valence-corrected chi connectivity index (χ0v) is 46.1. The number of hydrogen-bond donors (Lipinski definition) is 3. The average molecular weight is 961 g/mol. The highest BCUT2D eigenvalue weighted by Crippen LogP contribution is 2.17. The van der Waals surface area contributed by atoms with Gasteiger partial charge in [0.25, 0.3) is 0 Å². The molecule has 0 radical (unpaired) electrons. The molecule has 1 amide bonds. The van der Waals surface area contributed by atoms with Crippen LogP contribution in [0.4, 0.5) is 0 Å². The number of amides is 1. The van der Waals surface area contributed by atoms with Gasteiger partial charge in [-0.15, -0.1) is 0 Å². The molecule has 0 spiro atoms. The Balaban J connectivity index is 3.55. The van der Waals surface area contributed by atoms with Gasteiger partial charge < -0.3 is 15.5 Å². The summed E-state index contributed by atoms with van der Waals surface area (Å²) in [6, 6.07) is -0.653. The molecule has 0 bridgehead atoms. The average Bonchev–Trinajstić information content (AvgIpc) is 3.35. The molecule has 0 heterocycles. The molecular weight excluding hydrogens is 843 g/mol. The Hall–Kier alpha value is -2.43. The fourth-order valence-corrected chi connectivity index (χ4v) is 9.03. The molecule has 2 atom stereocenters. The largest absolute Gasteiger partial charge is 0.394 e. The number of carbonyl (C=O) groups excluding carboxylic acids is 1. The first-order valence-electron chi connectivity index (χ1n) is 30.3. The van der Waals surface area contributed by atoms with Gasteiger partial charge in [0.2, 0.25) is 5.91 Å². The summed E-state index contributed by atoms with van der Waals surface area (Å²) in [5.41, 5.74) is 0. The lowest BCUT2D eigenvalue weighted by molar-refractivity contribution is -0.123. The van der Waals surface area contributed by atoms with E-state index in [4.69, 9.17) is 0 Å². The molecule has 4 nitrogen and oxygen atoms in total. The van der Waals surface area contributed by atoms with E-state index >= 15 is 0 Å². The van der Waals surface area contributed by atoms with Crippen molar-refractivity contribution in [3.8, 4) is 0 Å². The Labute approximate surface area is 431 Å². The summed E-state index contributed by atoms with van der Waals surface area (Å²) in [4.78, 5) is 12.5. The summed E-state index contributed by atoms with van der Waals surface area (Å²) >= 11 is 0. The van der Waals surface area contributed by atoms with Crippen LogP contribution in [0.1, 0.15) is 303 Å². The molecule has 0 aliphatic carbocycles. The molecule has 0 aliphatic heterocycles. The molecule has 0 rings (SSSR count). The Morgan fingerprint density at radius 3 is 1.01 bits per heavy atom. The normalized spacial score (nSPS) is 13.4. The maximum absolute atomic E-state index is 12.5. The Bertz CT molecular complexity index is 1230. The molecule has 0 aromatic heterocycles. The minimum Gasteiger partial charge on any atom is -0.394 e. The van der Waals surface area contributed by atoms with E-state index in [1.165, 1.54) is 218 Å². The van der Waals surface area contributed by atoms with Gasteiger partial charge in [-0.25, -0.2) is 0 Å². The number of carbonyl (C=O) groups is 1. The van der Waals surface area contributed by atoms with E-state index in [0.29, 0.717) is 6.42 Å². The number of unbranched alkanes of at least 4 members (excludes halogenated alkanes) is 36. The highest BCUT2D eigenvalue weighted by atomic mass is 16.3. The number of hydrogen-bond acceptors (Lipinski definition) is 3. The number of nitrogens with one attached hydrogen (secondary N) is 1. The van der Waals surface area contributed by atoms with Crippen LogP contribution in [-0.2, 0) is 4.79 Å². The molecular formula is C65H117NO3. The summed E-state index contributed by atoms with van der Waals surface area (Å²) in [7, 11) is 0. The van der Waals surface area contributed by atoms with Gasteiger partial charge >= 0.3 is 0 Å². The van der Waals surface area contributed by atoms with Gasteiger partial charge in [-0.2, -0.15) is 0 Å². The van der Waals surface area contributed by atoms with Gasteiger partial charge in [0.1, 0.15) is 0 Å². The lowest BCUT2D eigenvalue weighted by Gasteiger charge is -2.19. The molecule has 3 N–H and O–H groups in total. The SMILES string of the molecule is CC/C=C\C/C=C\C/C=C\C/C=C\CCCCCCCCCCCCCCC(=O)NC(CO)C(O)/C=C/CC/C=C/CC/C=C/CCCCCCCCCCCCCCCCCCCCCCCC. The molecule has 2 unspecified atom stereocenters. The molecule has 69 heavy (non-hydrogen) atoms. The zero-order chi connectivity index (χ0) is 49.9. The van der Waals surface area contributed by atoms with Crippen LogP contribution in [0, 0.1) is 0 Å². The van der Waals surface area contributed by atoms with Crippen molar-refractivity contribution in [3.05, 3.63) is 85.1 Å². The second-order valence-corrected chi connectivity index (χ2v) is 20.4. The molecule has 400 valence electrons. The van der Waals surface area contributed by atoms with Crippen LogP contribution in [0.3, 0.4) is 0 Å². The van der Waals surface area contributed by atoms with Crippen LogP contribution in [0.15, 0.2) is 85.1 Å². The Morgan fingerprint density at radius 1 is 0.362 bits per heavy atom. The van der Waals surface area contributed by atoms with Crippen molar-refractivity contribution in [1.29, 1.82) is 0 Å². The lowest BCUT2D eigenvalue weighted by atomic mass is 10.0. The third-order valence-electron chi connectivity index (χ3n) is 13.6. The molecule has 0 aromatic rings. The van der Waals surface area contributed by atoms with Crippen molar-refractivity contribution in [3.63, 3.8) is 0 Å². The second kappa shape index (κ2) is 59.9. The molecule has 0 aromatic carbocycles. The van der Waals surface area contributed by atoms with Crippen molar-refractivity contribution in [2.45, 2.75) is 315 Å². The molecule has 0 aliphatic rings. The van der Waals surface area contributed by atoms with Crippen molar-refractivity contribution in [2.24, 2.45) is 0 Å². The predicted octanol–water partition coefficient (Wildman–Crippen LogP) is 20.3. The smallest absolute Gasteiger partial charge is 0.220 e. The van der Waals surface area contributed by atoms with Gasteiger partial charge in [0.05, 0.1) is 18.8 Å². The highest BCUT2D eigenvalue weighted by molar-refractivity contribution is 5.76. The Kier molecular flexibility index (Phi) is 57.8. The summed E-state index contributed by atoms with van der Waals surface area (Å²) in [5.74, 6) is -0.0806. The van der Waals surface area contributed by atoms with E-state index in [0.717, 1.165) is 64.2 Å². The summed E-state index contributed by atoms with van der Waals surface area (Å²) in [6.07, 6.45) is 87.7. The standard InChI is InChI=1S/C65H117NO3/c1-3-5-7-9-11-13-15-17-19-21-23-25-27-29-30-31-32-33-34-35-37-38-40-42-44-46-48-50-52-54-56-58-60-64(68)63(62-67)66-65(69)61-59-57-55-53-51-49-47-45-43-41-39-36-28-26-24-22-20-18-16-14-12-10-8-6-4-2/h6,8,12,14,18,20,24,26,42,44,50,52,58,60,63-64,67-68H,3-5,7,9-11,13,15-17,19,21-23,25,27-41,43,45-49,51,53-57,59,61-62H2,1-2H3,(H,66,69)/b8-6-,14-12-,20-18-,26-24-,44-42+,52-50+,60-58+. The quantitative estimate of drug-likeness (QED) is 0.0420. The number of aliphatic hydroxyl groups excluding tert-OH is 2. The van der Waals surface area contributed by atoms with Gasteiger partial charge in [-0.3, -0.25) is 4.79 Å². The van der Waals surface area contributed by atoms with Crippen LogP contribution in [0.25, 0.3) is 0 Å². The van der Waals surface area contributed by atoms with Crippen LogP contribution < -0.4 is 5.32 Å². The number of aliphatic hydroxyl groups is 2. The number of allylic oxidation sites excluding steroid dienone is 13. The fraction of sp³-hybridized carbons (Fsp3) is 0.769. The van der Waals surface area contributed by atoms with Crippen LogP contribution in [0.5, 0.6) is 0 Å². The van der Waals surface area contributed by atoms with E-state index in [1.54, 1.807) is 6.08 Å². The third-order valence-corrected chi connectivity index (χ3v) is 13.6. The summed E-state index contributed by atoms with van der Waals surface area (Å²) < 4.78 is 0. The third kappa shape index (κ3) is 56.4. The summed E-state index contributed by atoms with van der Waals surface area (Å²) in [6.45, 7) is 4.20. The van der Waals surface area contributed by atoms with E-state index < -0.39 is 12.1 Å². The van der Waals surface area contributed by atoms with Crippen LogP contribution in [-0.4, -0.2) is 34.9 Å². The molecule has 0 saturated carbocycles. The highest BCUT2D eigenvalue weighted by Gasteiger charge is 2.18. The Morgan fingerprint density at radius 2 is 0.652 bits per heavy atom. The van der Waals surface area contributed by atoms with Gasteiger partial charge in [0, 0.05) is 6.42 Å². The van der Waals surface area contributed by atoms with Crippen LogP contribution in [0.2, 0.25) is 0 Å². The summed E-state index contributed by atoms with van der Waals surface area (Å²) in [5, 5.41) is 23.2. The zero-order valence-electron chi connectivity index (χ0n) is 46.1. The molecule has 4 heteroatoms. The van der Waals surface area contributed by atoms with Gasteiger partial charge in [0.15, 0.2) is 0 Å². The maximum atomic E-state index is 12.5. The van der Waals surface area contributed by atoms with Crippen molar-refractivity contribution >= 4 is 5.91 Å². The van der Waals surface area contributed by atoms with E-state index in [2.05, 4.69) is 92.1 Å². The molecule has 0 saturated heterocycles. The first-order valence-corrected chi connectivity index (χ1v) is 30.3. The minimum absolute atomic E-state index is 0.0806. The van der Waals surface area contributed by atoms with Gasteiger partial charge in [-0.05, 0) is 83.5 Å². The number of rotatable bonds is 55. The van der Waals surface area contributed by atoms with Crippen molar-refractivity contribution in [1.82, 2.24) is 5.32 Å². The molecule has 0 fully saturated rings. The first kappa shape index (κ1) is 66.6. The van der Waals surface area contributed by atoms with Gasteiger partial charge in [-0.1, -0.05) is 298 Å². The predicted molar refractivity (Wildman–Crippen MR) is 308 cm³/mol. The topological polar surface area (TPSA) is 69.6 Å². The van der Waals surface area contributed by atoms with E-state index in [1.807, 2.05) is 6.08 Å². The van der Waals surface area contributed by atoms with E-state index in [9.17, 15) is 15.0 Å².